The number of carbonyl (C=O) groups is 1. The second-order valence-electron chi connectivity index (χ2n) is 5.42. The number of carbonyl (C=O) groups excluding carboxylic acids is 1. The molecule has 3 rings (SSSR count). The Bertz CT molecular complexity index is 890. The van der Waals surface area contributed by atoms with Crippen molar-refractivity contribution in [1.29, 1.82) is 0 Å². The van der Waals surface area contributed by atoms with Gasteiger partial charge in [0.05, 0.1) is 4.47 Å². The average Bonchev–Trinajstić information content (AvgIpc) is 3.24. The molecule has 130 valence electrons. The van der Waals surface area contributed by atoms with Crippen molar-refractivity contribution in [3.8, 4) is 23.0 Å². The lowest BCUT2D eigenvalue weighted by molar-refractivity contribution is -0.121. The lowest BCUT2D eigenvalue weighted by atomic mass is 10.2. The molecule has 0 fully saturated rings. The van der Waals surface area contributed by atoms with Gasteiger partial charge < -0.3 is 14.4 Å². The summed E-state index contributed by atoms with van der Waals surface area (Å²) in [5.41, 5.74) is 1.27. The lowest BCUT2D eigenvalue weighted by Gasteiger charge is -2.06. The first kappa shape index (κ1) is 17.3. The monoisotopic (exact) mass is 406 g/mol. The fraction of sp³-hybridized carbons (Fsp3) is 0.235. The summed E-state index contributed by atoms with van der Waals surface area (Å²) in [6.07, 6.45) is 2.66. The second-order valence-corrected chi connectivity index (χ2v) is 6.28. The van der Waals surface area contributed by atoms with Crippen LogP contribution in [0.5, 0.6) is 0 Å². The Morgan fingerprint density at radius 1 is 1.40 bits per heavy atom. The summed E-state index contributed by atoms with van der Waals surface area (Å²) in [4.78, 5) is 16.3. The largest absolute Gasteiger partial charge is 0.355 e. The van der Waals surface area contributed by atoms with E-state index in [9.17, 15) is 9.18 Å². The number of halogens is 2. The number of aromatic nitrogens is 3. The van der Waals surface area contributed by atoms with Gasteiger partial charge in [-0.25, -0.2) is 4.39 Å². The molecule has 0 unspecified atom stereocenters. The zero-order valence-corrected chi connectivity index (χ0v) is 15.1. The number of nitrogens with one attached hydrogen (secondary N) is 1. The molecule has 0 radical (unpaired) electrons. The summed E-state index contributed by atoms with van der Waals surface area (Å²) in [5, 5.41) is 6.76. The highest BCUT2D eigenvalue weighted by atomic mass is 79.9. The van der Waals surface area contributed by atoms with Gasteiger partial charge in [0.2, 0.25) is 11.7 Å². The predicted octanol–water partition coefficient (Wildman–Crippen LogP) is 3.63. The molecule has 0 saturated heterocycles. The van der Waals surface area contributed by atoms with Crippen LogP contribution < -0.4 is 5.32 Å². The van der Waals surface area contributed by atoms with E-state index in [2.05, 4.69) is 31.4 Å². The molecule has 0 aliphatic carbocycles. The number of benzene rings is 1. The van der Waals surface area contributed by atoms with Crippen LogP contribution in [0, 0.1) is 5.82 Å². The molecule has 0 bridgehead atoms. The van der Waals surface area contributed by atoms with Gasteiger partial charge in [-0.15, -0.1) is 0 Å². The van der Waals surface area contributed by atoms with Gasteiger partial charge >= 0.3 is 0 Å². The van der Waals surface area contributed by atoms with Crippen molar-refractivity contribution in [3.05, 3.63) is 46.8 Å². The molecule has 1 N–H and O–H groups in total. The van der Waals surface area contributed by atoms with Crippen molar-refractivity contribution in [1.82, 2.24) is 20.0 Å². The first-order valence-electron chi connectivity index (χ1n) is 7.80. The molecule has 0 aliphatic rings. The Labute approximate surface area is 152 Å². The summed E-state index contributed by atoms with van der Waals surface area (Å²) in [6, 6.07) is 8.09. The summed E-state index contributed by atoms with van der Waals surface area (Å²) >= 11 is 3.14. The highest BCUT2D eigenvalue weighted by Crippen LogP contribution is 2.26. The van der Waals surface area contributed by atoms with E-state index >= 15 is 0 Å². The van der Waals surface area contributed by atoms with Crippen LogP contribution in [0.15, 0.2) is 45.5 Å². The van der Waals surface area contributed by atoms with Gasteiger partial charge in [-0.3, -0.25) is 4.79 Å². The minimum Gasteiger partial charge on any atom is -0.355 e. The molecule has 6 nitrogen and oxygen atoms in total. The van der Waals surface area contributed by atoms with Crippen LogP contribution in [0.4, 0.5) is 4.39 Å². The minimum atomic E-state index is -0.362. The topological polar surface area (TPSA) is 73.0 Å². The van der Waals surface area contributed by atoms with Crippen molar-refractivity contribution in [2.24, 2.45) is 0 Å². The standard InChI is InChI=1S/C17H16BrFN4O2/c1-2-7-20-15(24)10-23-8-3-4-14(23)17-21-16(22-25-17)11-5-6-13(19)12(18)9-11/h3-6,8-9H,2,7,10H2,1H3,(H,20,24). The summed E-state index contributed by atoms with van der Waals surface area (Å²) in [6.45, 7) is 2.80. The highest BCUT2D eigenvalue weighted by molar-refractivity contribution is 9.10. The first-order valence-corrected chi connectivity index (χ1v) is 8.59. The van der Waals surface area contributed by atoms with E-state index < -0.39 is 0 Å². The summed E-state index contributed by atoms with van der Waals surface area (Å²) in [7, 11) is 0. The first-order chi connectivity index (χ1) is 12.1. The molecule has 2 heterocycles. The minimum absolute atomic E-state index is 0.0819. The number of hydrogen-bond donors (Lipinski definition) is 1. The van der Waals surface area contributed by atoms with Gasteiger partial charge in [0, 0.05) is 18.3 Å². The number of nitrogens with zero attached hydrogens (tertiary/aromatic N) is 3. The van der Waals surface area contributed by atoms with Crippen LogP contribution in [-0.4, -0.2) is 27.2 Å². The molecule has 25 heavy (non-hydrogen) atoms. The van der Waals surface area contributed by atoms with Gasteiger partial charge in [0.15, 0.2) is 0 Å². The third-order valence-electron chi connectivity index (χ3n) is 3.54. The van der Waals surface area contributed by atoms with Crippen molar-refractivity contribution >= 4 is 21.8 Å². The van der Waals surface area contributed by atoms with Crippen molar-refractivity contribution in [3.63, 3.8) is 0 Å². The van der Waals surface area contributed by atoms with Crippen LogP contribution in [0.3, 0.4) is 0 Å². The molecule has 3 aromatic rings. The third-order valence-corrected chi connectivity index (χ3v) is 4.15. The molecule has 0 aliphatic heterocycles. The molecule has 1 amide bonds. The van der Waals surface area contributed by atoms with Crippen LogP contribution >= 0.6 is 15.9 Å². The van der Waals surface area contributed by atoms with E-state index in [-0.39, 0.29) is 18.3 Å². The Morgan fingerprint density at radius 2 is 2.24 bits per heavy atom. The van der Waals surface area contributed by atoms with Gasteiger partial charge in [-0.1, -0.05) is 12.1 Å². The van der Waals surface area contributed by atoms with E-state index in [0.29, 0.717) is 34.0 Å². The van der Waals surface area contributed by atoms with Gasteiger partial charge in [-0.05, 0) is 52.7 Å². The van der Waals surface area contributed by atoms with Crippen LogP contribution in [-0.2, 0) is 11.3 Å². The van der Waals surface area contributed by atoms with Crippen molar-refractivity contribution < 1.29 is 13.7 Å². The lowest BCUT2D eigenvalue weighted by Crippen LogP contribution is -2.28. The van der Waals surface area contributed by atoms with Crippen LogP contribution in [0.25, 0.3) is 23.0 Å². The Morgan fingerprint density at radius 3 is 3.00 bits per heavy atom. The number of hydrogen-bond acceptors (Lipinski definition) is 4. The van der Waals surface area contributed by atoms with E-state index in [1.54, 1.807) is 35.0 Å². The molecule has 1 aromatic carbocycles. The van der Waals surface area contributed by atoms with Crippen molar-refractivity contribution in [2.45, 2.75) is 19.9 Å². The zero-order chi connectivity index (χ0) is 17.8. The fourth-order valence-corrected chi connectivity index (χ4v) is 2.68. The van der Waals surface area contributed by atoms with Crippen LogP contribution in [0.2, 0.25) is 0 Å². The Balaban J connectivity index is 1.82. The molecule has 8 heteroatoms. The van der Waals surface area contributed by atoms with E-state index in [0.717, 1.165) is 6.42 Å². The highest BCUT2D eigenvalue weighted by Gasteiger charge is 2.16. The molecular formula is C17H16BrFN4O2. The molecule has 0 atom stereocenters. The van der Waals surface area contributed by atoms with E-state index in [4.69, 9.17) is 4.52 Å². The molecule has 2 aromatic heterocycles. The summed E-state index contributed by atoms with van der Waals surface area (Å²) < 4.78 is 20.7. The Kier molecular flexibility index (Phi) is 5.28. The van der Waals surface area contributed by atoms with Gasteiger partial charge in [0.25, 0.3) is 5.89 Å². The van der Waals surface area contributed by atoms with Crippen LogP contribution in [0.1, 0.15) is 13.3 Å². The average molecular weight is 407 g/mol. The maximum absolute atomic E-state index is 13.4. The quantitative estimate of drug-likeness (QED) is 0.678. The SMILES string of the molecule is CCCNC(=O)Cn1cccc1-c1nc(-c2ccc(F)c(Br)c2)no1. The fourth-order valence-electron chi connectivity index (χ4n) is 2.30. The van der Waals surface area contributed by atoms with Gasteiger partial charge in [0.1, 0.15) is 18.1 Å². The third kappa shape index (κ3) is 3.96. The van der Waals surface area contributed by atoms with Crippen molar-refractivity contribution in [2.75, 3.05) is 6.54 Å². The normalized spacial score (nSPS) is 10.8. The van der Waals surface area contributed by atoms with E-state index in [1.165, 1.54) is 6.07 Å². The number of rotatable bonds is 6. The number of amides is 1. The van der Waals surface area contributed by atoms with E-state index in [1.807, 2.05) is 6.92 Å². The van der Waals surface area contributed by atoms with Gasteiger partial charge in [-0.2, -0.15) is 4.98 Å². The second kappa shape index (κ2) is 7.60. The summed E-state index contributed by atoms with van der Waals surface area (Å²) in [5.74, 6) is 0.198. The Hall–Kier alpha value is -2.48. The maximum Gasteiger partial charge on any atom is 0.274 e. The molecular weight excluding hydrogens is 391 g/mol. The zero-order valence-electron chi connectivity index (χ0n) is 13.5. The molecule has 0 spiro atoms. The smallest absolute Gasteiger partial charge is 0.274 e. The molecule has 0 saturated carbocycles. The predicted molar refractivity (Wildman–Crippen MR) is 94.1 cm³/mol. The maximum atomic E-state index is 13.4.